The van der Waals surface area contributed by atoms with Crippen LogP contribution in [0.3, 0.4) is 0 Å². The molecule has 0 saturated heterocycles. The lowest BCUT2D eigenvalue weighted by Crippen LogP contribution is -1.98. The van der Waals surface area contributed by atoms with E-state index < -0.39 is 0 Å². The van der Waals surface area contributed by atoms with Gasteiger partial charge in [0, 0.05) is 40.4 Å². The molecule has 0 amide bonds. The predicted octanol–water partition coefficient (Wildman–Crippen LogP) is 4.09. The highest BCUT2D eigenvalue weighted by molar-refractivity contribution is 7.98. The molecule has 3 aromatic rings. The topological polar surface area (TPSA) is 38.7 Å². The van der Waals surface area contributed by atoms with Gasteiger partial charge in [0.1, 0.15) is 5.15 Å². The Morgan fingerprint density at radius 1 is 1.05 bits per heavy atom. The summed E-state index contributed by atoms with van der Waals surface area (Å²) in [6, 6.07) is 8.11. The van der Waals surface area contributed by atoms with Crippen molar-refractivity contribution in [2.45, 2.75) is 11.5 Å². The van der Waals surface area contributed by atoms with Gasteiger partial charge in [0.05, 0.1) is 5.69 Å². The van der Waals surface area contributed by atoms with Crippen LogP contribution in [0.4, 0.5) is 0 Å². The van der Waals surface area contributed by atoms with Crippen LogP contribution >= 0.6 is 23.4 Å². The van der Waals surface area contributed by atoms with E-state index in [-0.39, 0.29) is 0 Å². The van der Waals surface area contributed by atoms with Crippen molar-refractivity contribution in [1.29, 1.82) is 0 Å². The first-order valence-corrected chi connectivity index (χ1v) is 7.82. The Balaban J connectivity index is 1.98. The van der Waals surface area contributed by atoms with Crippen molar-refractivity contribution in [3.05, 3.63) is 53.1 Å². The third-order valence-corrected chi connectivity index (χ3v) is 4.72. The van der Waals surface area contributed by atoms with Crippen LogP contribution in [-0.2, 0) is 11.5 Å². The molecule has 4 rings (SSSR count). The molecule has 1 aliphatic rings. The normalized spacial score (nSPS) is 13.7. The maximum Gasteiger partial charge on any atom is 0.163 e. The molecule has 0 fully saturated rings. The minimum atomic E-state index is 0.572. The summed E-state index contributed by atoms with van der Waals surface area (Å²) in [5.74, 6) is 2.48. The molecule has 0 radical (unpaired) electrons. The smallest absolute Gasteiger partial charge is 0.163 e. The number of halogens is 1. The van der Waals surface area contributed by atoms with Crippen LogP contribution in [0.5, 0.6) is 0 Å². The number of pyridine rings is 1. The molecule has 3 nitrogen and oxygen atoms in total. The summed E-state index contributed by atoms with van der Waals surface area (Å²) in [4.78, 5) is 13.4. The molecule has 98 valence electrons. The fourth-order valence-electron chi connectivity index (χ4n) is 2.43. The average molecular weight is 300 g/mol. The molecule has 0 atom stereocenters. The van der Waals surface area contributed by atoms with Crippen LogP contribution in [0.1, 0.15) is 11.3 Å². The number of aromatic nitrogens is 3. The van der Waals surface area contributed by atoms with Gasteiger partial charge in [0.2, 0.25) is 0 Å². The molecule has 1 aromatic carbocycles. The lowest BCUT2D eigenvalue weighted by Gasteiger charge is -2.07. The van der Waals surface area contributed by atoms with Gasteiger partial charge in [-0.25, -0.2) is 9.97 Å². The number of thioether (sulfide) groups is 1. The van der Waals surface area contributed by atoms with Gasteiger partial charge in [-0.1, -0.05) is 35.9 Å². The number of rotatable bonds is 1. The fraction of sp³-hybridized carbons (Fsp3) is 0.133. The second-order valence-corrected chi connectivity index (χ2v) is 6.01. The first kappa shape index (κ1) is 12.1. The third-order valence-electron chi connectivity index (χ3n) is 3.44. The van der Waals surface area contributed by atoms with Crippen LogP contribution in [0.25, 0.3) is 22.2 Å². The standard InChI is InChI=1S/C15H10ClN3S/c16-14-12-7-20-8-13(12)18-15(19-14)11-6-17-5-9-3-1-2-4-10(9)11/h1-6H,7-8H2. The Morgan fingerprint density at radius 3 is 2.90 bits per heavy atom. The van der Waals surface area contributed by atoms with E-state index >= 15 is 0 Å². The zero-order valence-corrected chi connectivity index (χ0v) is 12.1. The third kappa shape index (κ3) is 1.87. The maximum atomic E-state index is 6.29. The van der Waals surface area contributed by atoms with E-state index in [4.69, 9.17) is 11.6 Å². The quantitative estimate of drug-likeness (QED) is 0.634. The van der Waals surface area contributed by atoms with Crippen molar-refractivity contribution in [2.75, 3.05) is 0 Å². The van der Waals surface area contributed by atoms with Crippen LogP contribution in [0, 0.1) is 0 Å². The molecule has 20 heavy (non-hydrogen) atoms. The van der Waals surface area contributed by atoms with Gasteiger partial charge in [-0.15, -0.1) is 0 Å². The molecular weight excluding hydrogens is 290 g/mol. The number of nitrogens with zero attached hydrogens (tertiary/aromatic N) is 3. The van der Waals surface area contributed by atoms with E-state index in [2.05, 4.69) is 21.0 Å². The molecule has 3 heterocycles. The zero-order valence-electron chi connectivity index (χ0n) is 10.5. The monoisotopic (exact) mass is 299 g/mol. The molecule has 0 aliphatic carbocycles. The van der Waals surface area contributed by atoms with Gasteiger partial charge >= 0.3 is 0 Å². The average Bonchev–Trinajstić information content (AvgIpc) is 2.95. The lowest BCUT2D eigenvalue weighted by atomic mass is 10.1. The lowest BCUT2D eigenvalue weighted by molar-refractivity contribution is 1.07. The molecule has 5 heteroatoms. The van der Waals surface area contributed by atoms with Crippen molar-refractivity contribution in [2.24, 2.45) is 0 Å². The van der Waals surface area contributed by atoms with Crippen molar-refractivity contribution in [3.63, 3.8) is 0 Å². The van der Waals surface area contributed by atoms with Crippen LogP contribution < -0.4 is 0 Å². The van der Waals surface area contributed by atoms with Crippen molar-refractivity contribution < 1.29 is 0 Å². The SMILES string of the molecule is Clc1nc(-c2cncc3ccccc23)nc2c1CSC2. The predicted molar refractivity (Wildman–Crippen MR) is 82.8 cm³/mol. The summed E-state index contributed by atoms with van der Waals surface area (Å²) in [5.41, 5.74) is 3.07. The van der Waals surface area contributed by atoms with Crippen LogP contribution in [0.15, 0.2) is 36.7 Å². The number of hydrogen-bond donors (Lipinski definition) is 0. The van der Waals surface area contributed by atoms with Gasteiger partial charge in [-0.05, 0) is 5.39 Å². The second kappa shape index (κ2) is 4.72. The zero-order chi connectivity index (χ0) is 13.5. The Morgan fingerprint density at radius 2 is 1.95 bits per heavy atom. The second-order valence-electron chi connectivity index (χ2n) is 4.66. The minimum Gasteiger partial charge on any atom is -0.263 e. The van der Waals surface area contributed by atoms with E-state index in [0.29, 0.717) is 11.0 Å². The van der Waals surface area contributed by atoms with Gasteiger partial charge in [-0.2, -0.15) is 11.8 Å². The fourth-order valence-corrected chi connectivity index (χ4v) is 3.80. The molecular formula is C15H10ClN3S. The van der Waals surface area contributed by atoms with E-state index in [9.17, 15) is 0 Å². The first-order chi connectivity index (χ1) is 9.83. The summed E-state index contributed by atoms with van der Waals surface area (Å²) in [6.45, 7) is 0. The summed E-state index contributed by atoms with van der Waals surface area (Å²) in [5, 5.41) is 2.76. The van der Waals surface area contributed by atoms with E-state index in [1.165, 1.54) is 0 Å². The summed E-state index contributed by atoms with van der Waals surface area (Å²) >= 11 is 8.11. The highest BCUT2D eigenvalue weighted by Crippen LogP contribution is 2.35. The van der Waals surface area contributed by atoms with E-state index in [1.54, 1.807) is 0 Å². The number of hydrogen-bond acceptors (Lipinski definition) is 4. The summed E-state index contributed by atoms with van der Waals surface area (Å²) < 4.78 is 0. The van der Waals surface area contributed by atoms with E-state index in [0.717, 1.165) is 39.1 Å². The highest BCUT2D eigenvalue weighted by Gasteiger charge is 2.20. The first-order valence-electron chi connectivity index (χ1n) is 6.29. The Kier molecular flexibility index (Phi) is 2.86. The Bertz CT molecular complexity index is 814. The molecule has 2 aromatic heterocycles. The van der Waals surface area contributed by atoms with Gasteiger partial charge in [0.15, 0.2) is 5.82 Å². The molecule has 1 aliphatic heterocycles. The molecule has 0 N–H and O–H groups in total. The minimum absolute atomic E-state index is 0.572. The van der Waals surface area contributed by atoms with Gasteiger partial charge < -0.3 is 0 Å². The largest absolute Gasteiger partial charge is 0.263 e. The summed E-state index contributed by atoms with van der Waals surface area (Å²) in [6.07, 6.45) is 3.66. The van der Waals surface area contributed by atoms with Crippen LogP contribution in [0.2, 0.25) is 5.15 Å². The Labute approximate surface area is 125 Å². The molecule has 0 saturated carbocycles. The van der Waals surface area contributed by atoms with E-state index in [1.807, 2.05) is 42.4 Å². The molecule has 0 unspecified atom stereocenters. The number of fused-ring (bicyclic) bond motifs is 2. The van der Waals surface area contributed by atoms with Gasteiger partial charge in [0.25, 0.3) is 0 Å². The highest BCUT2D eigenvalue weighted by atomic mass is 35.5. The van der Waals surface area contributed by atoms with Crippen molar-refractivity contribution in [1.82, 2.24) is 15.0 Å². The Hall–Kier alpha value is -1.65. The maximum absolute atomic E-state index is 6.29. The van der Waals surface area contributed by atoms with Crippen LogP contribution in [-0.4, -0.2) is 15.0 Å². The van der Waals surface area contributed by atoms with Crippen molar-refractivity contribution in [3.8, 4) is 11.4 Å². The molecule has 0 spiro atoms. The molecule has 0 bridgehead atoms. The van der Waals surface area contributed by atoms with Gasteiger partial charge in [-0.3, -0.25) is 4.98 Å². The summed E-state index contributed by atoms with van der Waals surface area (Å²) in [7, 11) is 0. The van der Waals surface area contributed by atoms with Crippen molar-refractivity contribution >= 4 is 34.1 Å². The number of benzene rings is 1.